The molecule has 2 bridgehead atoms. The first-order valence-corrected chi connectivity index (χ1v) is 7.69. The van der Waals surface area contributed by atoms with E-state index in [9.17, 15) is 15.3 Å². The molecule has 3 nitrogen and oxygen atoms in total. The zero-order valence-corrected chi connectivity index (χ0v) is 13.5. The SMILES string of the molecule is CC1(C)C(=O)C(C)(C)[C@]2(C#N)C[C@@H]1[C@H](C#N)c1ccccc12. The summed E-state index contributed by atoms with van der Waals surface area (Å²) in [7, 11) is 0. The predicted octanol–water partition coefficient (Wildman–Crippen LogP) is 3.71. The second-order valence-electron chi connectivity index (χ2n) is 7.70. The first kappa shape index (κ1) is 14.8. The lowest BCUT2D eigenvalue weighted by molar-refractivity contribution is -0.150. The summed E-state index contributed by atoms with van der Waals surface area (Å²) < 4.78 is 0. The van der Waals surface area contributed by atoms with Crippen molar-refractivity contribution in [2.75, 3.05) is 0 Å². The third kappa shape index (κ3) is 1.42. The van der Waals surface area contributed by atoms with E-state index in [1.165, 1.54) is 0 Å². The molecule has 3 rings (SSSR count). The lowest BCUT2D eigenvalue weighted by Gasteiger charge is -2.58. The number of carbonyl (C=O) groups is 1. The first-order chi connectivity index (χ1) is 10.2. The lowest BCUT2D eigenvalue weighted by Crippen LogP contribution is -2.62. The molecule has 0 aliphatic heterocycles. The van der Waals surface area contributed by atoms with Crippen LogP contribution < -0.4 is 0 Å². The van der Waals surface area contributed by atoms with Gasteiger partial charge < -0.3 is 0 Å². The molecule has 1 fully saturated rings. The van der Waals surface area contributed by atoms with Gasteiger partial charge in [0.2, 0.25) is 0 Å². The Labute approximate surface area is 131 Å². The molecule has 0 N–H and O–H groups in total. The van der Waals surface area contributed by atoms with Crippen LogP contribution in [0, 0.1) is 39.4 Å². The molecule has 22 heavy (non-hydrogen) atoms. The molecule has 2 aliphatic rings. The van der Waals surface area contributed by atoms with Gasteiger partial charge in [-0.15, -0.1) is 0 Å². The second-order valence-corrected chi connectivity index (χ2v) is 7.70. The van der Waals surface area contributed by atoms with Crippen LogP contribution in [-0.2, 0) is 10.2 Å². The van der Waals surface area contributed by atoms with Gasteiger partial charge in [0.15, 0.2) is 0 Å². The van der Waals surface area contributed by atoms with Crippen molar-refractivity contribution in [2.24, 2.45) is 16.7 Å². The van der Waals surface area contributed by atoms with E-state index in [2.05, 4.69) is 12.1 Å². The fourth-order valence-electron chi connectivity index (χ4n) is 4.77. The fraction of sp³-hybridized carbons (Fsp3) is 0.526. The molecule has 0 radical (unpaired) electrons. The molecule has 3 atom stereocenters. The molecule has 112 valence electrons. The number of nitrogens with zero attached hydrogens (tertiary/aromatic N) is 2. The van der Waals surface area contributed by atoms with Crippen LogP contribution >= 0.6 is 0 Å². The fourth-order valence-corrected chi connectivity index (χ4v) is 4.77. The number of Topliss-reactive ketones (excluding diaryl/α,β-unsaturated/α-hetero) is 1. The average Bonchev–Trinajstić information content (AvgIpc) is 2.51. The van der Waals surface area contributed by atoms with Gasteiger partial charge in [-0.1, -0.05) is 52.0 Å². The van der Waals surface area contributed by atoms with Gasteiger partial charge >= 0.3 is 0 Å². The van der Waals surface area contributed by atoms with E-state index >= 15 is 0 Å². The predicted molar refractivity (Wildman–Crippen MR) is 82.8 cm³/mol. The minimum Gasteiger partial charge on any atom is -0.298 e. The third-order valence-corrected chi connectivity index (χ3v) is 6.16. The Morgan fingerprint density at radius 1 is 1.14 bits per heavy atom. The quantitative estimate of drug-likeness (QED) is 0.732. The third-order valence-electron chi connectivity index (χ3n) is 6.16. The molecule has 0 unspecified atom stereocenters. The molecule has 1 aromatic rings. The topological polar surface area (TPSA) is 64.7 Å². The summed E-state index contributed by atoms with van der Waals surface area (Å²) in [6, 6.07) is 12.6. The van der Waals surface area contributed by atoms with Crippen molar-refractivity contribution < 1.29 is 4.79 Å². The zero-order chi connectivity index (χ0) is 16.3. The normalized spacial score (nSPS) is 34.2. The highest BCUT2D eigenvalue weighted by atomic mass is 16.1. The van der Waals surface area contributed by atoms with Crippen LogP contribution in [0.15, 0.2) is 24.3 Å². The minimum atomic E-state index is -0.839. The van der Waals surface area contributed by atoms with Crippen LogP contribution in [0.1, 0.15) is 51.2 Å². The van der Waals surface area contributed by atoms with Crippen molar-refractivity contribution in [3.8, 4) is 12.1 Å². The number of ketones is 1. The Balaban J connectivity index is 2.42. The van der Waals surface area contributed by atoms with Crippen molar-refractivity contribution in [3.63, 3.8) is 0 Å². The van der Waals surface area contributed by atoms with Gasteiger partial charge in [-0.3, -0.25) is 4.79 Å². The number of nitriles is 2. The van der Waals surface area contributed by atoms with Gasteiger partial charge in [-0.2, -0.15) is 10.5 Å². The summed E-state index contributed by atoms with van der Waals surface area (Å²) >= 11 is 0. The largest absolute Gasteiger partial charge is 0.298 e. The van der Waals surface area contributed by atoms with Gasteiger partial charge in [-0.05, 0) is 23.5 Å². The number of hydrogen-bond donors (Lipinski definition) is 0. The van der Waals surface area contributed by atoms with Gasteiger partial charge in [0, 0.05) is 10.8 Å². The highest BCUT2D eigenvalue weighted by Crippen LogP contribution is 2.64. The number of carbonyl (C=O) groups excluding carboxylic acids is 1. The van der Waals surface area contributed by atoms with Gasteiger partial charge in [0.1, 0.15) is 5.78 Å². The van der Waals surface area contributed by atoms with Crippen LogP contribution in [0.25, 0.3) is 0 Å². The molecule has 0 saturated heterocycles. The van der Waals surface area contributed by atoms with E-state index in [1.54, 1.807) is 0 Å². The summed E-state index contributed by atoms with van der Waals surface area (Å²) in [5.74, 6) is -0.354. The van der Waals surface area contributed by atoms with E-state index in [0.717, 1.165) is 11.1 Å². The molecular weight excluding hydrogens is 272 g/mol. The molecule has 0 amide bonds. The summed E-state index contributed by atoms with van der Waals surface area (Å²) in [6.07, 6.45) is 0.574. The Morgan fingerprint density at radius 3 is 2.36 bits per heavy atom. The maximum absolute atomic E-state index is 13.2. The van der Waals surface area contributed by atoms with Crippen molar-refractivity contribution in [1.29, 1.82) is 10.5 Å². The molecular formula is C19H20N2O. The second kappa shape index (κ2) is 4.20. The maximum atomic E-state index is 13.2. The molecule has 0 spiro atoms. The maximum Gasteiger partial charge on any atom is 0.146 e. The molecule has 0 heterocycles. The summed E-state index contributed by atoms with van der Waals surface area (Å²) in [4.78, 5) is 13.2. The van der Waals surface area contributed by atoms with E-state index in [4.69, 9.17) is 0 Å². The van der Waals surface area contributed by atoms with Crippen LogP contribution in [0.2, 0.25) is 0 Å². The van der Waals surface area contributed by atoms with Gasteiger partial charge in [0.05, 0.1) is 23.5 Å². The van der Waals surface area contributed by atoms with Gasteiger partial charge in [-0.25, -0.2) is 0 Å². The minimum absolute atomic E-state index is 0.0903. The summed E-state index contributed by atoms with van der Waals surface area (Å²) in [6.45, 7) is 7.64. The monoisotopic (exact) mass is 292 g/mol. The van der Waals surface area contributed by atoms with Crippen LogP contribution in [0.3, 0.4) is 0 Å². The van der Waals surface area contributed by atoms with Crippen molar-refractivity contribution in [2.45, 2.75) is 45.4 Å². The highest BCUT2D eigenvalue weighted by Gasteiger charge is 2.66. The molecule has 1 aromatic carbocycles. The van der Waals surface area contributed by atoms with Crippen molar-refractivity contribution >= 4 is 5.78 Å². The number of fused-ring (bicyclic) bond motifs is 4. The van der Waals surface area contributed by atoms with E-state index in [-0.39, 0.29) is 17.6 Å². The highest BCUT2D eigenvalue weighted by molar-refractivity contribution is 5.93. The van der Waals surface area contributed by atoms with Crippen molar-refractivity contribution in [3.05, 3.63) is 35.4 Å². The van der Waals surface area contributed by atoms with Gasteiger partial charge in [0.25, 0.3) is 0 Å². The van der Waals surface area contributed by atoms with E-state index in [0.29, 0.717) is 6.42 Å². The number of hydrogen-bond acceptors (Lipinski definition) is 3. The lowest BCUT2D eigenvalue weighted by atomic mass is 9.41. The van der Waals surface area contributed by atoms with Crippen molar-refractivity contribution in [1.82, 2.24) is 0 Å². The Kier molecular flexibility index (Phi) is 2.83. The summed E-state index contributed by atoms with van der Waals surface area (Å²) in [5.41, 5.74) is -0.407. The van der Waals surface area contributed by atoms with Crippen LogP contribution in [0.4, 0.5) is 0 Å². The van der Waals surface area contributed by atoms with Crippen LogP contribution in [-0.4, -0.2) is 5.78 Å². The zero-order valence-electron chi connectivity index (χ0n) is 13.5. The molecule has 1 saturated carbocycles. The summed E-state index contributed by atoms with van der Waals surface area (Å²) in [5, 5.41) is 19.7. The van der Waals surface area contributed by atoms with E-state index < -0.39 is 16.2 Å². The Hall–Kier alpha value is -2.13. The molecule has 0 aromatic heterocycles. The number of benzene rings is 1. The Morgan fingerprint density at radius 2 is 1.77 bits per heavy atom. The Bertz CT molecular complexity index is 747. The number of rotatable bonds is 0. The first-order valence-electron chi connectivity index (χ1n) is 7.69. The average molecular weight is 292 g/mol. The molecule has 2 aliphatic carbocycles. The molecule has 3 heteroatoms. The smallest absolute Gasteiger partial charge is 0.146 e. The standard InChI is InChI=1S/C19H20N2O/c1-17(2)15-9-19(11-21,18(3,4)16(17)22)14-8-6-5-7-12(14)13(15)10-20/h5-8,13,15H,9H2,1-4H3/t13-,15-,19+/m1/s1. The van der Waals surface area contributed by atoms with E-state index in [1.807, 2.05) is 52.0 Å². The van der Waals surface area contributed by atoms with Crippen LogP contribution in [0.5, 0.6) is 0 Å².